The molecule has 6 aromatic rings. The highest BCUT2D eigenvalue weighted by molar-refractivity contribution is 5.99. The number of ether oxygens (including phenoxy) is 2. The van der Waals surface area contributed by atoms with E-state index >= 15 is 0 Å². The summed E-state index contributed by atoms with van der Waals surface area (Å²) < 4.78 is 43.2. The van der Waals surface area contributed by atoms with Crippen molar-refractivity contribution in [3.05, 3.63) is 119 Å². The van der Waals surface area contributed by atoms with Gasteiger partial charge < -0.3 is 28.6 Å². The van der Waals surface area contributed by atoms with Crippen molar-refractivity contribution in [1.82, 2.24) is 29.1 Å². The maximum Gasteiger partial charge on any atom is 0.332 e. The molecule has 0 bridgehead atoms. The number of ketones is 2. The molecule has 0 aliphatic heterocycles. The molecule has 14 heteroatoms. The Morgan fingerprint density at radius 2 is 1.12 bits per heavy atom. The molecular weight excluding hydrogens is 650 g/mol. The quantitative estimate of drug-likeness (QED) is 0.134. The zero-order chi connectivity index (χ0) is 35.7. The van der Waals surface area contributed by atoms with E-state index in [9.17, 15) is 28.0 Å². The normalized spacial score (nSPS) is 12.8. The zero-order valence-corrected chi connectivity index (χ0v) is 27.5. The van der Waals surface area contributed by atoms with Gasteiger partial charge in [-0.3, -0.25) is 9.59 Å². The first-order valence-electron chi connectivity index (χ1n) is 15.5. The number of hydrogen-bond donors (Lipinski definition) is 2. The van der Waals surface area contributed by atoms with Crippen LogP contribution < -0.4 is 0 Å². The number of halogens is 2. The number of fused-ring (bicyclic) bond motifs is 2. The van der Waals surface area contributed by atoms with Crippen LogP contribution in [-0.2, 0) is 55.6 Å². The summed E-state index contributed by atoms with van der Waals surface area (Å²) in [6.07, 6.45) is 4.19. The molecule has 0 saturated carbocycles. The Kier molecular flexibility index (Phi) is 9.27. The van der Waals surface area contributed by atoms with Gasteiger partial charge in [0.25, 0.3) is 0 Å². The van der Waals surface area contributed by atoms with Crippen LogP contribution in [0.2, 0.25) is 0 Å². The first-order chi connectivity index (χ1) is 23.9. The van der Waals surface area contributed by atoms with Gasteiger partial charge in [0.2, 0.25) is 0 Å². The first-order valence-corrected chi connectivity index (χ1v) is 15.5. The molecule has 12 nitrogen and oxygen atoms in total. The van der Waals surface area contributed by atoms with Crippen LogP contribution in [0.1, 0.15) is 46.1 Å². The van der Waals surface area contributed by atoms with Crippen molar-refractivity contribution in [1.29, 1.82) is 0 Å². The van der Waals surface area contributed by atoms with Gasteiger partial charge in [0.1, 0.15) is 11.6 Å². The van der Waals surface area contributed by atoms with Crippen molar-refractivity contribution in [3.8, 4) is 0 Å². The third kappa shape index (κ3) is 6.86. The number of nitrogens with zero attached hydrogens (tertiary/aromatic N) is 4. The summed E-state index contributed by atoms with van der Waals surface area (Å²) in [5.41, 5.74) is 3.86. The molecule has 0 spiro atoms. The van der Waals surface area contributed by atoms with Crippen molar-refractivity contribution >= 4 is 45.3 Å². The fraction of sp³-hybridized carbons (Fsp3) is 0.222. The van der Waals surface area contributed by atoms with Gasteiger partial charge in [0, 0.05) is 83.0 Å². The Labute approximate surface area is 283 Å². The van der Waals surface area contributed by atoms with Crippen molar-refractivity contribution in [3.63, 3.8) is 0 Å². The van der Waals surface area contributed by atoms with E-state index in [1.54, 1.807) is 61.6 Å². The van der Waals surface area contributed by atoms with E-state index in [0.717, 1.165) is 12.2 Å². The van der Waals surface area contributed by atoms with Crippen LogP contribution in [0.15, 0.2) is 73.6 Å². The standard InChI is InChI=1S/C36H32F2N6O6/c1-19-27(41-17-39-19)13-31(45)35(25-15-43(3)29-7-5-21(37)11-23(25)29)49-33(47)9-10-34(48)50-36(32(46)14-28-20(2)40-18-42-28)26-16-44(4)30-8-6-22(38)12-24(26)30/h5-12,15-18,35-36H,13-14H2,1-4H3,(H,39,41)(H,40,42)/b10-9-. The molecule has 50 heavy (non-hydrogen) atoms. The molecule has 0 aliphatic rings. The van der Waals surface area contributed by atoms with E-state index in [-0.39, 0.29) is 24.0 Å². The van der Waals surface area contributed by atoms with Gasteiger partial charge in [-0.25, -0.2) is 28.3 Å². The Bertz CT molecular complexity index is 2150. The summed E-state index contributed by atoms with van der Waals surface area (Å²) in [6.45, 7) is 3.47. The topological polar surface area (TPSA) is 154 Å². The highest BCUT2D eigenvalue weighted by Crippen LogP contribution is 2.32. The van der Waals surface area contributed by atoms with Gasteiger partial charge in [-0.1, -0.05) is 0 Å². The van der Waals surface area contributed by atoms with E-state index in [2.05, 4.69) is 19.9 Å². The molecule has 4 aromatic heterocycles. The number of H-pyrrole nitrogens is 2. The molecule has 0 radical (unpaired) electrons. The number of carbonyl (C=O) groups is 4. The van der Waals surface area contributed by atoms with Gasteiger partial charge in [0.05, 0.1) is 36.9 Å². The fourth-order valence-corrected chi connectivity index (χ4v) is 5.91. The molecule has 0 saturated heterocycles. The fourth-order valence-electron chi connectivity index (χ4n) is 5.91. The minimum atomic E-state index is -1.48. The number of rotatable bonds is 12. The third-order valence-electron chi connectivity index (χ3n) is 8.49. The predicted octanol–water partition coefficient (Wildman–Crippen LogP) is 5.06. The van der Waals surface area contributed by atoms with Crippen molar-refractivity contribution in [2.45, 2.75) is 38.9 Å². The Balaban J connectivity index is 1.26. The lowest BCUT2D eigenvalue weighted by atomic mass is 10.0. The molecule has 2 aromatic carbocycles. The number of aryl methyl sites for hydroxylation is 4. The summed E-state index contributed by atoms with van der Waals surface area (Å²) in [6, 6.07) is 8.12. The second kappa shape index (κ2) is 13.7. The van der Waals surface area contributed by atoms with Crippen LogP contribution in [0.3, 0.4) is 0 Å². The Hall–Kier alpha value is -6.18. The summed E-state index contributed by atoms with van der Waals surface area (Å²) in [4.78, 5) is 67.7. The molecule has 0 amide bonds. The highest BCUT2D eigenvalue weighted by Gasteiger charge is 2.31. The van der Waals surface area contributed by atoms with Crippen LogP contribution in [0, 0.1) is 25.5 Å². The number of nitrogens with one attached hydrogen (secondary N) is 2. The molecule has 2 atom stereocenters. The van der Waals surface area contributed by atoms with Gasteiger partial charge in [-0.15, -0.1) is 0 Å². The number of benzene rings is 2. The van der Waals surface area contributed by atoms with E-state index < -0.39 is 47.3 Å². The van der Waals surface area contributed by atoms with Crippen molar-refractivity contribution in [2.24, 2.45) is 14.1 Å². The van der Waals surface area contributed by atoms with Crippen LogP contribution >= 0.6 is 0 Å². The largest absolute Gasteiger partial charge is 0.446 e. The Morgan fingerprint density at radius 1 is 0.720 bits per heavy atom. The summed E-state index contributed by atoms with van der Waals surface area (Å²) in [5.74, 6) is -4.32. The summed E-state index contributed by atoms with van der Waals surface area (Å²) in [5, 5.41) is 0.724. The van der Waals surface area contributed by atoms with Crippen LogP contribution in [0.25, 0.3) is 21.8 Å². The Morgan fingerprint density at radius 3 is 1.48 bits per heavy atom. The molecule has 256 valence electrons. The zero-order valence-electron chi connectivity index (χ0n) is 27.5. The SMILES string of the molecule is Cc1[nH]cnc1CC(=O)C(OC(=O)/C=C\C(=O)OC(C(=O)Cc1nc[nH]c1C)c1cn(C)c2ccc(F)cc12)c1cn(C)c2ccc(F)cc12. The second-order valence-electron chi connectivity index (χ2n) is 11.9. The summed E-state index contributed by atoms with van der Waals surface area (Å²) in [7, 11) is 3.41. The number of imidazole rings is 2. The van der Waals surface area contributed by atoms with Crippen molar-refractivity contribution in [2.75, 3.05) is 0 Å². The molecule has 0 aliphatic carbocycles. The number of Topliss-reactive ketones (excluding diaryl/α,β-unsaturated/α-hetero) is 2. The lowest BCUT2D eigenvalue weighted by Gasteiger charge is -2.16. The number of aromatic amines is 2. The molecule has 2 N–H and O–H groups in total. The number of hydrogen-bond acceptors (Lipinski definition) is 8. The maximum atomic E-state index is 14.3. The minimum Gasteiger partial charge on any atom is -0.446 e. The smallest absolute Gasteiger partial charge is 0.332 e. The van der Waals surface area contributed by atoms with Crippen LogP contribution in [-0.4, -0.2) is 52.6 Å². The lowest BCUT2D eigenvalue weighted by Crippen LogP contribution is -2.22. The predicted molar refractivity (Wildman–Crippen MR) is 177 cm³/mol. The van der Waals surface area contributed by atoms with Gasteiger partial charge >= 0.3 is 11.9 Å². The maximum absolute atomic E-state index is 14.3. The van der Waals surface area contributed by atoms with Crippen LogP contribution in [0.4, 0.5) is 8.78 Å². The average Bonchev–Trinajstić information content (AvgIpc) is 3.84. The number of aromatic nitrogens is 6. The molecular formula is C36H32F2N6O6. The van der Waals surface area contributed by atoms with E-state index in [0.29, 0.717) is 44.6 Å². The number of esters is 2. The van der Waals surface area contributed by atoms with Gasteiger partial charge in [-0.2, -0.15) is 0 Å². The van der Waals surface area contributed by atoms with Gasteiger partial charge in [-0.05, 0) is 50.2 Å². The third-order valence-corrected chi connectivity index (χ3v) is 8.49. The number of carbonyl (C=O) groups excluding carboxylic acids is 4. The monoisotopic (exact) mass is 682 g/mol. The lowest BCUT2D eigenvalue weighted by molar-refractivity contribution is -0.152. The second-order valence-corrected chi connectivity index (χ2v) is 11.9. The molecule has 2 unspecified atom stereocenters. The van der Waals surface area contributed by atoms with E-state index in [1.165, 1.54) is 36.9 Å². The van der Waals surface area contributed by atoms with E-state index in [1.807, 2.05) is 0 Å². The highest BCUT2D eigenvalue weighted by atomic mass is 19.1. The minimum absolute atomic E-state index is 0.199. The average molecular weight is 683 g/mol. The molecule has 0 fully saturated rings. The summed E-state index contributed by atoms with van der Waals surface area (Å²) >= 11 is 0. The van der Waals surface area contributed by atoms with Gasteiger partial charge in [0.15, 0.2) is 23.8 Å². The first kappa shape index (κ1) is 33.7. The molecule has 4 heterocycles. The van der Waals surface area contributed by atoms with Crippen LogP contribution in [0.5, 0.6) is 0 Å². The van der Waals surface area contributed by atoms with E-state index in [4.69, 9.17) is 9.47 Å². The molecule has 6 rings (SSSR count). The van der Waals surface area contributed by atoms with Crippen molar-refractivity contribution < 1.29 is 37.4 Å².